The molecule has 3 rings (SSSR count). The third-order valence-corrected chi connectivity index (χ3v) is 4.06. The molecule has 0 aliphatic rings. The molecule has 3 aromatic rings. The lowest BCUT2D eigenvalue weighted by Gasteiger charge is -2.17. The van der Waals surface area contributed by atoms with Gasteiger partial charge in [0.1, 0.15) is 0 Å². The van der Waals surface area contributed by atoms with Crippen LogP contribution in [0.5, 0.6) is 0 Å². The van der Waals surface area contributed by atoms with E-state index >= 15 is 0 Å². The third-order valence-electron chi connectivity index (χ3n) is 3.12. The second kappa shape index (κ2) is 5.87. The highest BCUT2D eigenvalue weighted by atomic mass is 32.1. The van der Waals surface area contributed by atoms with Crippen molar-refractivity contribution in [3.63, 3.8) is 0 Å². The van der Waals surface area contributed by atoms with Gasteiger partial charge >= 0.3 is 0 Å². The molecule has 3 heteroatoms. The molecule has 0 amide bonds. The topological polar surface area (TPSA) is 27.8 Å². The second-order valence-corrected chi connectivity index (χ2v) is 5.41. The van der Waals surface area contributed by atoms with Crippen LogP contribution in [0.2, 0.25) is 0 Å². The molecular weight excluding hydrogens is 252 g/mol. The molecule has 0 saturated carbocycles. The predicted octanol–water partition coefficient (Wildman–Crippen LogP) is 3.96. The lowest BCUT2D eigenvalue weighted by molar-refractivity contribution is 0.606. The quantitative estimate of drug-likeness (QED) is 0.720. The van der Waals surface area contributed by atoms with Crippen LogP contribution in [0.1, 0.15) is 22.2 Å². The van der Waals surface area contributed by atoms with Crippen LogP contribution in [0, 0.1) is 0 Å². The lowest BCUT2D eigenvalue weighted by Crippen LogP contribution is -2.21. The van der Waals surface area contributed by atoms with Gasteiger partial charge in [-0.05, 0) is 29.1 Å². The molecule has 2 heterocycles. The summed E-state index contributed by atoms with van der Waals surface area (Å²) >= 11 is 1.79. The van der Waals surface area contributed by atoms with Crippen LogP contribution in [0.4, 0.5) is 0 Å². The summed E-state index contributed by atoms with van der Waals surface area (Å²) in [6.07, 6.45) is 1.96. The molecule has 0 saturated heterocycles. The number of nitrogens with one attached hydrogen (secondary N) is 2. The van der Waals surface area contributed by atoms with Crippen molar-refractivity contribution in [2.45, 2.75) is 12.6 Å². The minimum atomic E-state index is 0.254. The van der Waals surface area contributed by atoms with Gasteiger partial charge in [-0.1, -0.05) is 36.4 Å². The summed E-state index contributed by atoms with van der Waals surface area (Å²) in [5.74, 6) is 0. The van der Waals surface area contributed by atoms with Gasteiger partial charge in [-0.15, -0.1) is 11.3 Å². The first-order chi connectivity index (χ1) is 9.43. The van der Waals surface area contributed by atoms with Crippen molar-refractivity contribution >= 4 is 11.3 Å². The van der Waals surface area contributed by atoms with Crippen molar-refractivity contribution in [2.24, 2.45) is 0 Å². The molecule has 1 aromatic carbocycles. The first-order valence-corrected chi connectivity index (χ1v) is 7.25. The minimum Gasteiger partial charge on any atom is -0.364 e. The first-order valence-electron chi connectivity index (χ1n) is 6.37. The first kappa shape index (κ1) is 12.2. The van der Waals surface area contributed by atoms with E-state index in [-0.39, 0.29) is 6.04 Å². The average Bonchev–Trinajstić information content (AvgIpc) is 3.13. The summed E-state index contributed by atoms with van der Waals surface area (Å²) in [5.41, 5.74) is 2.51. The van der Waals surface area contributed by atoms with Crippen LogP contribution >= 0.6 is 11.3 Å². The van der Waals surface area contributed by atoms with Gasteiger partial charge < -0.3 is 4.98 Å². The van der Waals surface area contributed by atoms with Crippen molar-refractivity contribution in [3.05, 3.63) is 82.3 Å². The van der Waals surface area contributed by atoms with Gasteiger partial charge in [-0.25, -0.2) is 0 Å². The highest BCUT2D eigenvalue weighted by molar-refractivity contribution is 7.10. The van der Waals surface area contributed by atoms with E-state index in [0.29, 0.717) is 0 Å². The summed E-state index contributed by atoms with van der Waals surface area (Å²) in [4.78, 5) is 4.58. The molecular formula is C16H16N2S. The minimum absolute atomic E-state index is 0.254. The van der Waals surface area contributed by atoms with Crippen molar-refractivity contribution in [2.75, 3.05) is 0 Å². The largest absolute Gasteiger partial charge is 0.364 e. The van der Waals surface area contributed by atoms with Gasteiger partial charge in [0.2, 0.25) is 0 Å². The van der Waals surface area contributed by atoms with Gasteiger partial charge in [0.15, 0.2) is 0 Å². The smallest absolute Gasteiger partial charge is 0.0674 e. The molecule has 19 heavy (non-hydrogen) atoms. The predicted molar refractivity (Wildman–Crippen MR) is 80.2 cm³/mol. The Balaban J connectivity index is 1.81. The second-order valence-electron chi connectivity index (χ2n) is 4.44. The summed E-state index contributed by atoms with van der Waals surface area (Å²) in [6, 6.07) is 19.3. The molecule has 1 atom stereocenters. The van der Waals surface area contributed by atoms with Crippen LogP contribution in [0.3, 0.4) is 0 Å². The van der Waals surface area contributed by atoms with Crippen LogP contribution in [-0.2, 0) is 6.54 Å². The number of aromatic nitrogens is 1. The van der Waals surface area contributed by atoms with Crippen LogP contribution < -0.4 is 5.32 Å². The Bertz CT molecular complexity index is 585. The molecule has 0 aliphatic heterocycles. The number of benzene rings is 1. The molecule has 96 valence electrons. The Hall–Kier alpha value is -1.84. The zero-order chi connectivity index (χ0) is 12.9. The maximum Gasteiger partial charge on any atom is 0.0674 e. The molecule has 0 aliphatic carbocycles. The Morgan fingerprint density at radius 2 is 1.89 bits per heavy atom. The summed E-state index contributed by atoms with van der Waals surface area (Å²) in [7, 11) is 0. The number of aromatic amines is 1. The van der Waals surface area contributed by atoms with E-state index in [2.05, 4.69) is 64.2 Å². The highest BCUT2D eigenvalue weighted by Gasteiger charge is 2.14. The highest BCUT2D eigenvalue weighted by Crippen LogP contribution is 2.26. The fourth-order valence-corrected chi connectivity index (χ4v) is 3.00. The van der Waals surface area contributed by atoms with Crippen LogP contribution in [0.25, 0.3) is 0 Å². The van der Waals surface area contributed by atoms with Gasteiger partial charge in [0.05, 0.1) is 6.04 Å². The fourth-order valence-electron chi connectivity index (χ4n) is 2.17. The third kappa shape index (κ3) is 2.95. The van der Waals surface area contributed by atoms with Crippen LogP contribution in [-0.4, -0.2) is 4.98 Å². The molecule has 2 aromatic heterocycles. The summed E-state index contributed by atoms with van der Waals surface area (Å²) < 4.78 is 0. The molecule has 2 N–H and O–H groups in total. The van der Waals surface area contributed by atoms with E-state index in [0.717, 1.165) is 6.54 Å². The molecule has 0 bridgehead atoms. The fraction of sp³-hybridized carbons (Fsp3) is 0.125. The lowest BCUT2D eigenvalue weighted by atomic mass is 10.1. The zero-order valence-corrected chi connectivity index (χ0v) is 11.4. The van der Waals surface area contributed by atoms with E-state index in [1.807, 2.05) is 12.3 Å². The number of hydrogen-bond acceptors (Lipinski definition) is 2. The van der Waals surface area contributed by atoms with E-state index in [1.165, 1.54) is 16.1 Å². The Labute approximate surface area is 117 Å². The van der Waals surface area contributed by atoms with Crippen LogP contribution in [0.15, 0.2) is 66.2 Å². The van der Waals surface area contributed by atoms with E-state index < -0.39 is 0 Å². The van der Waals surface area contributed by atoms with Gasteiger partial charge in [0, 0.05) is 23.3 Å². The SMILES string of the molecule is c1ccc(C(NCc2ccc[nH]2)c2cccs2)cc1. The number of thiophene rings is 1. The van der Waals surface area contributed by atoms with E-state index in [1.54, 1.807) is 11.3 Å². The molecule has 2 nitrogen and oxygen atoms in total. The number of rotatable bonds is 5. The van der Waals surface area contributed by atoms with Gasteiger partial charge in [-0.3, -0.25) is 5.32 Å². The number of hydrogen-bond donors (Lipinski definition) is 2. The Morgan fingerprint density at radius 3 is 2.58 bits per heavy atom. The van der Waals surface area contributed by atoms with Crippen molar-refractivity contribution in [1.29, 1.82) is 0 Å². The average molecular weight is 268 g/mol. The zero-order valence-electron chi connectivity index (χ0n) is 10.5. The Morgan fingerprint density at radius 1 is 1.00 bits per heavy atom. The monoisotopic (exact) mass is 268 g/mol. The molecule has 0 spiro atoms. The van der Waals surface area contributed by atoms with Gasteiger partial charge in [-0.2, -0.15) is 0 Å². The standard InChI is InChI=1S/C16H16N2S/c1-2-6-13(7-3-1)16(15-9-5-11-19-15)18-12-14-8-4-10-17-14/h1-11,16-18H,12H2. The van der Waals surface area contributed by atoms with Crippen molar-refractivity contribution < 1.29 is 0 Å². The van der Waals surface area contributed by atoms with Crippen molar-refractivity contribution in [3.8, 4) is 0 Å². The summed E-state index contributed by atoms with van der Waals surface area (Å²) in [5, 5.41) is 5.75. The summed E-state index contributed by atoms with van der Waals surface area (Å²) in [6.45, 7) is 0.838. The van der Waals surface area contributed by atoms with Gasteiger partial charge in [0.25, 0.3) is 0 Å². The molecule has 0 fully saturated rings. The molecule has 1 unspecified atom stereocenters. The van der Waals surface area contributed by atoms with E-state index in [4.69, 9.17) is 0 Å². The number of H-pyrrole nitrogens is 1. The maximum atomic E-state index is 3.62. The normalized spacial score (nSPS) is 12.4. The maximum absolute atomic E-state index is 3.62. The Kier molecular flexibility index (Phi) is 3.77. The van der Waals surface area contributed by atoms with Crippen molar-refractivity contribution in [1.82, 2.24) is 10.3 Å². The van der Waals surface area contributed by atoms with E-state index in [9.17, 15) is 0 Å². The molecule has 0 radical (unpaired) electrons.